The van der Waals surface area contributed by atoms with Crippen LogP contribution < -0.4 is 5.48 Å². The van der Waals surface area contributed by atoms with Gasteiger partial charge in [-0.3, -0.25) is 15.2 Å². The number of nitrogens with one attached hydrogen (secondary N) is 1. The van der Waals surface area contributed by atoms with E-state index in [4.69, 9.17) is 4.84 Å². The molecule has 2 aliphatic heterocycles. The number of carboxylic acids is 1. The van der Waals surface area contributed by atoms with E-state index < -0.39 is 11.7 Å². The first-order chi connectivity index (χ1) is 12.1. The van der Waals surface area contributed by atoms with Crippen LogP contribution >= 0.6 is 0 Å². The molecule has 5 nitrogen and oxygen atoms in total. The minimum atomic E-state index is -0.714. The maximum Gasteiger partial charge on any atom is 0.307 e. The molecular formula is C19H21FN2O3. The minimum absolute atomic E-state index is 0.00250. The van der Waals surface area contributed by atoms with Crippen LogP contribution in [-0.4, -0.2) is 34.8 Å². The highest BCUT2D eigenvalue weighted by Crippen LogP contribution is 2.66. The van der Waals surface area contributed by atoms with Crippen molar-refractivity contribution in [1.82, 2.24) is 10.4 Å². The Morgan fingerprint density at radius 1 is 1.28 bits per heavy atom. The molecular weight excluding hydrogens is 323 g/mol. The highest BCUT2D eigenvalue weighted by molar-refractivity contribution is 5.77. The molecule has 1 aromatic carbocycles. The molecule has 5 rings (SSSR count). The monoisotopic (exact) mass is 344 g/mol. The van der Waals surface area contributed by atoms with Crippen molar-refractivity contribution >= 4 is 11.7 Å². The molecule has 0 spiro atoms. The second kappa shape index (κ2) is 5.29. The summed E-state index contributed by atoms with van der Waals surface area (Å²) in [6.45, 7) is 1.86. The SMILES string of the molecule is O=C(O)C1C2CCC3=C(c4ccc(F)cc4)NOC3(N3CCCC3)C21. The number of hydrogen-bond acceptors (Lipinski definition) is 4. The third-order valence-electron chi connectivity index (χ3n) is 6.38. The zero-order chi connectivity index (χ0) is 17.2. The molecule has 2 aliphatic carbocycles. The molecule has 6 heteroatoms. The fourth-order valence-corrected chi connectivity index (χ4v) is 5.28. The lowest BCUT2D eigenvalue weighted by Crippen LogP contribution is -2.53. The number of nitrogens with zero attached hydrogens (tertiary/aromatic N) is 1. The van der Waals surface area contributed by atoms with E-state index in [9.17, 15) is 14.3 Å². The number of likely N-dealkylation sites (tertiary alicyclic amines) is 1. The second-order valence-electron chi connectivity index (χ2n) is 7.55. The molecule has 0 aromatic heterocycles. The second-order valence-corrected chi connectivity index (χ2v) is 7.55. The Kier molecular flexibility index (Phi) is 3.24. The van der Waals surface area contributed by atoms with Gasteiger partial charge in [-0.2, -0.15) is 0 Å². The number of aliphatic carboxylic acids is 1. The van der Waals surface area contributed by atoms with E-state index in [1.54, 1.807) is 12.1 Å². The normalized spacial score (nSPS) is 36.8. The summed E-state index contributed by atoms with van der Waals surface area (Å²) in [5, 5.41) is 9.62. The van der Waals surface area contributed by atoms with E-state index >= 15 is 0 Å². The zero-order valence-electron chi connectivity index (χ0n) is 13.9. The zero-order valence-corrected chi connectivity index (χ0v) is 13.9. The summed E-state index contributed by atoms with van der Waals surface area (Å²) >= 11 is 0. The minimum Gasteiger partial charge on any atom is -0.481 e. The number of halogens is 1. The average molecular weight is 344 g/mol. The van der Waals surface area contributed by atoms with Crippen LogP contribution in [0, 0.1) is 23.6 Å². The summed E-state index contributed by atoms with van der Waals surface area (Å²) in [5.41, 5.74) is 5.37. The van der Waals surface area contributed by atoms with Gasteiger partial charge in [0.25, 0.3) is 0 Å². The van der Waals surface area contributed by atoms with E-state index in [1.165, 1.54) is 12.1 Å². The van der Waals surface area contributed by atoms with Crippen molar-refractivity contribution in [3.8, 4) is 0 Å². The van der Waals surface area contributed by atoms with Crippen LogP contribution in [0.4, 0.5) is 4.39 Å². The first-order valence-electron chi connectivity index (χ1n) is 9.04. The predicted octanol–water partition coefficient (Wildman–Crippen LogP) is 2.60. The van der Waals surface area contributed by atoms with Crippen LogP contribution in [0.5, 0.6) is 0 Å². The summed E-state index contributed by atoms with van der Waals surface area (Å²) < 4.78 is 13.3. The van der Waals surface area contributed by atoms with E-state index in [1.807, 2.05) is 0 Å². The first kappa shape index (κ1) is 15.3. The van der Waals surface area contributed by atoms with Crippen LogP contribution in [-0.2, 0) is 9.63 Å². The van der Waals surface area contributed by atoms with E-state index in [0.29, 0.717) is 0 Å². The smallest absolute Gasteiger partial charge is 0.307 e. The highest BCUT2D eigenvalue weighted by Gasteiger charge is 2.72. The van der Waals surface area contributed by atoms with Gasteiger partial charge >= 0.3 is 5.97 Å². The van der Waals surface area contributed by atoms with Crippen molar-refractivity contribution in [3.63, 3.8) is 0 Å². The summed E-state index contributed by atoms with van der Waals surface area (Å²) in [6.07, 6.45) is 3.92. The Bertz CT molecular complexity index is 756. The Morgan fingerprint density at radius 2 is 2.00 bits per heavy atom. The van der Waals surface area contributed by atoms with Gasteiger partial charge in [0.1, 0.15) is 5.82 Å². The molecule has 4 atom stereocenters. The van der Waals surface area contributed by atoms with E-state index in [2.05, 4.69) is 10.4 Å². The molecule has 2 saturated carbocycles. The largest absolute Gasteiger partial charge is 0.481 e. The Hall–Kier alpha value is -1.92. The van der Waals surface area contributed by atoms with Gasteiger partial charge < -0.3 is 5.11 Å². The quantitative estimate of drug-likeness (QED) is 0.883. The molecule has 2 heterocycles. The van der Waals surface area contributed by atoms with Gasteiger partial charge in [-0.05, 0) is 55.9 Å². The average Bonchev–Trinajstić information content (AvgIpc) is 2.97. The highest BCUT2D eigenvalue weighted by atomic mass is 19.1. The fourth-order valence-electron chi connectivity index (χ4n) is 5.28. The molecule has 132 valence electrons. The van der Waals surface area contributed by atoms with Gasteiger partial charge in [-0.15, -0.1) is 0 Å². The number of rotatable bonds is 3. The van der Waals surface area contributed by atoms with Crippen molar-refractivity contribution in [1.29, 1.82) is 0 Å². The van der Waals surface area contributed by atoms with Gasteiger partial charge in [0.2, 0.25) is 0 Å². The van der Waals surface area contributed by atoms with Crippen molar-refractivity contribution in [3.05, 3.63) is 41.2 Å². The topological polar surface area (TPSA) is 61.8 Å². The van der Waals surface area contributed by atoms with Crippen LogP contribution in [0.1, 0.15) is 31.2 Å². The number of carbonyl (C=O) groups is 1. The summed E-state index contributed by atoms with van der Waals surface area (Å²) in [6, 6.07) is 6.40. The molecule has 1 aromatic rings. The third-order valence-corrected chi connectivity index (χ3v) is 6.38. The standard InChI is InChI=1S/C19H21FN2O3/c20-12-5-3-11(4-6-12)17-14-8-7-13-15(18(23)24)16(13)19(14,25-21-17)22-9-1-2-10-22/h3-6,13,15-16,21H,1-2,7-10H2,(H,23,24). The van der Waals surface area contributed by atoms with E-state index in [0.717, 1.165) is 55.6 Å². The summed E-state index contributed by atoms with van der Waals surface area (Å²) in [4.78, 5) is 20.2. The molecule has 4 aliphatic rings. The van der Waals surface area contributed by atoms with Gasteiger partial charge in [-0.1, -0.05) is 0 Å². The Balaban J connectivity index is 1.61. The van der Waals surface area contributed by atoms with Crippen molar-refractivity contribution in [2.45, 2.75) is 31.4 Å². The van der Waals surface area contributed by atoms with Gasteiger partial charge in [0.05, 0.1) is 11.6 Å². The van der Waals surface area contributed by atoms with Crippen molar-refractivity contribution in [2.75, 3.05) is 13.1 Å². The maximum atomic E-state index is 13.3. The summed E-state index contributed by atoms with van der Waals surface area (Å²) in [5.74, 6) is -1.12. The first-order valence-corrected chi connectivity index (χ1v) is 9.04. The van der Waals surface area contributed by atoms with Gasteiger partial charge in [-0.25, -0.2) is 9.23 Å². The fraction of sp³-hybridized carbons (Fsp3) is 0.526. The molecule has 1 saturated heterocycles. The molecule has 3 fully saturated rings. The van der Waals surface area contributed by atoms with Gasteiger partial charge in [0, 0.05) is 30.1 Å². The van der Waals surface area contributed by atoms with Crippen LogP contribution in [0.2, 0.25) is 0 Å². The maximum absolute atomic E-state index is 13.3. The lowest BCUT2D eigenvalue weighted by Gasteiger charge is -2.41. The van der Waals surface area contributed by atoms with E-state index in [-0.39, 0.29) is 23.6 Å². The molecule has 2 N–H and O–H groups in total. The van der Waals surface area contributed by atoms with Crippen molar-refractivity contribution in [2.24, 2.45) is 17.8 Å². The van der Waals surface area contributed by atoms with Gasteiger partial charge in [0.15, 0.2) is 5.72 Å². The van der Waals surface area contributed by atoms with Crippen LogP contribution in [0.15, 0.2) is 29.8 Å². The van der Waals surface area contributed by atoms with Crippen LogP contribution in [0.25, 0.3) is 5.70 Å². The molecule has 0 amide bonds. The lowest BCUT2D eigenvalue weighted by molar-refractivity contribution is -0.164. The van der Waals surface area contributed by atoms with Crippen molar-refractivity contribution < 1.29 is 19.1 Å². The number of benzene rings is 1. The number of fused-ring (bicyclic) bond motifs is 3. The summed E-state index contributed by atoms with van der Waals surface area (Å²) in [7, 11) is 0. The Labute approximate surface area is 145 Å². The lowest BCUT2D eigenvalue weighted by atomic mass is 9.83. The number of hydroxylamine groups is 1. The molecule has 0 radical (unpaired) electrons. The Morgan fingerprint density at radius 3 is 2.68 bits per heavy atom. The molecule has 0 bridgehead atoms. The molecule has 4 unspecified atom stereocenters. The predicted molar refractivity (Wildman–Crippen MR) is 88.4 cm³/mol. The molecule has 25 heavy (non-hydrogen) atoms. The third kappa shape index (κ3) is 2.04. The number of hydrogen-bond donors (Lipinski definition) is 2. The number of carboxylic acid groups (broad SMARTS) is 1. The van der Waals surface area contributed by atoms with Crippen LogP contribution in [0.3, 0.4) is 0 Å².